The summed E-state index contributed by atoms with van der Waals surface area (Å²) in [5.74, 6) is -0.313. The molecule has 0 aliphatic rings. The number of benzene rings is 2. The Bertz CT molecular complexity index is 651. The van der Waals surface area contributed by atoms with E-state index in [0.717, 1.165) is 6.07 Å². The number of hydrogen-bond acceptors (Lipinski definition) is 3. The molecule has 0 aliphatic heterocycles. The smallest absolute Gasteiger partial charge is 0.312 e. The molecule has 0 aromatic heterocycles. The lowest BCUT2D eigenvalue weighted by molar-refractivity contribution is -0.385. The zero-order valence-electron chi connectivity index (χ0n) is 9.27. The molecular formula is C12H6BrClFNO3. The third-order valence-electron chi connectivity index (χ3n) is 2.24. The second-order valence-corrected chi connectivity index (χ2v) is 4.87. The van der Waals surface area contributed by atoms with Crippen LogP contribution in [0.1, 0.15) is 0 Å². The number of nitrogens with zero attached hydrogens (tertiary/aromatic N) is 1. The van der Waals surface area contributed by atoms with Gasteiger partial charge in [0, 0.05) is 16.6 Å². The van der Waals surface area contributed by atoms with Gasteiger partial charge in [-0.2, -0.15) is 0 Å². The fourth-order valence-corrected chi connectivity index (χ4v) is 1.91. The third-order valence-corrected chi connectivity index (χ3v) is 3.02. The molecule has 2 aromatic rings. The van der Waals surface area contributed by atoms with Crippen LogP contribution >= 0.6 is 27.5 Å². The lowest BCUT2D eigenvalue weighted by Crippen LogP contribution is -1.93. The van der Waals surface area contributed by atoms with Crippen LogP contribution < -0.4 is 4.74 Å². The normalized spacial score (nSPS) is 10.3. The minimum Gasteiger partial charge on any atom is -0.450 e. The first-order chi connectivity index (χ1) is 8.97. The first-order valence-electron chi connectivity index (χ1n) is 5.04. The van der Waals surface area contributed by atoms with E-state index in [1.165, 1.54) is 24.3 Å². The number of hydrogen-bond donors (Lipinski definition) is 0. The van der Waals surface area contributed by atoms with Crippen LogP contribution in [0, 0.1) is 15.9 Å². The molecule has 0 saturated heterocycles. The van der Waals surface area contributed by atoms with Gasteiger partial charge in [-0.3, -0.25) is 10.1 Å². The van der Waals surface area contributed by atoms with E-state index in [0.29, 0.717) is 4.47 Å². The van der Waals surface area contributed by atoms with Gasteiger partial charge in [0.25, 0.3) is 0 Å². The molecule has 2 rings (SSSR count). The summed E-state index contributed by atoms with van der Waals surface area (Å²) in [5, 5.41) is 10.8. The topological polar surface area (TPSA) is 52.4 Å². The highest BCUT2D eigenvalue weighted by Crippen LogP contribution is 2.34. The van der Waals surface area contributed by atoms with Crippen molar-refractivity contribution in [2.75, 3.05) is 0 Å². The molecule has 0 atom stereocenters. The maximum Gasteiger partial charge on any atom is 0.312 e. The maximum atomic E-state index is 13.0. The molecule has 2 aromatic carbocycles. The molecule has 0 radical (unpaired) electrons. The maximum absolute atomic E-state index is 13.0. The van der Waals surface area contributed by atoms with E-state index in [9.17, 15) is 14.5 Å². The van der Waals surface area contributed by atoms with Gasteiger partial charge >= 0.3 is 5.69 Å². The lowest BCUT2D eigenvalue weighted by Gasteiger charge is -2.07. The average Bonchev–Trinajstić information content (AvgIpc) is 2.36. The second-order valence-electron chi connectivity index (χ2n) is 3.55. The Morgan fingerprint density at radius 3 is 2.63 bits per heavy atom. The van der Waals surface area contributed by atoms with Crippen LogP contribution in [0.2, 0.25) is 5.02 Å². The van der Waals surface area contributed by atoms with Gasteiger partial charge in [0.05, 0.1) is 9.95 Å². The summed E-state index contributed by atoms with van der Waals surface area (Å²) >= 11 is 8.75. The van der Waals surface area contributed by atoms with E-state index in [1.54, 1.807) is 6.07 Å². The predicted molar refractivity (Wildman–Crippen MR) is 72.3 cm³/mol. The van der Waals surface area contributed by atoms with Gasteiger partial charge in [-0.05, 0) is 24.3 Å². The van der Waals surface area contributed by atoms with Crippen molar-refractivity contribution in [3.63, 3.8) is 0 Å². The van der Waals surface area contributed by atoms with Crippen molar-refractivity contribution in [1.82, 2.24) is 0 Å². The van der Waals surface area contributed by atoms with E-state index in [1.807, 2.05) is 0 Å². The first kappa shape index (κ1) is 13.8. The summed E-state index contributed by atoms with van der Waals surface area (Å²) in [5.41, 5.74) is -0.199. The highest BCUT2D eigenvalue weighted by atomic mass is 79.9. The molecule has 0 aliphatic carbocycles. The monoisotopic (exact) mass is 345 g/mol. The summed E-state index contributed by atoms with van der Waals surface area (Å²) in [4.78, 5) is 10.3. The molecule has 98 valence electrons. The Labute approximate surface area is 121 Å². The van der Waals surface area contributed by atoms with Crippen molar-refractivity contribution in [2.24, 2.45) is 0 Å². The van der Waals surface area contributed by atoms with Crippen molar-refractivity contribution in [2.45, 2.75) is 0 Å². The molecule has 0 spiro atoms. The van der Waals surface area contributed by atoms with Crippen LogP contribution in [0.4, 0.5) is 10.1 Å². The van der Waals surface area contributed by atoms with Gasteiger partial charge in [-0.15, -0.1) is 0 Å². The minimum absolute atomic E-state index is 0.0517. The van der Waals surface area contributed by atoms with Gasteiger partial charge in [-0.25, -0.2) is 4.39 Å². The van der Waals surface area contributed by atoms with Crippen LogP contribution in [0.3, 0.4) is 0 Å². The van der Waals surface area contributed by atoms with E-state index < -0.39 is 10.7 Å². The Morgan fingerprint density at radius 2 is 2.00 bits per heavy atom. The standard InChI is InChI=1S/C12H6BrClFNO3/c13-7-1-4-12(11(5-7)16(17)18)19-8-2-3-10(15)9(14)6-8/h1-6H. The Hall–Kier alpha value is -1.66. The Morgan fingerprint density at radius 1 is 1.26 bits per heavy atom. The van der Waals surface area contributed by atoms with Crippen molar-refractivity contribution < 1.29 is 14.1 Å². The number of nitro groups is 1. The number of rotatable bonds is 3. The molecule has 0 bridgehead atoms. The second kappa shape index (κ2) is 5.54. The average molecular weight is 347 g/mol. The van der Waals surface area contributed by atoms with Crippen molar-refractivity contribution in [1.29, 1.82) is 0 Å². The molecule has 0 amide bonds. The highest BCUT2D eigenvalue weighted by molar-refractivity contribution is 9.10. The number of halogens is 3. The molecule has 19 heavy (non-hydrogen) atoms. The predicted octanol–water partition coefficient (Wildman–Crippen LogP) is 4.94. The van der Waals surface area contributed by atoms with Gasteiger partial charge in [0.15, 0.2) is 0 Å². The highest BCUT2D eigenvalue weighted by Gasteiger charge is 2.16. The molecule has 0 heterocycles. The van der Waals surface area contributed by atoms with Crippen LogP contribution in [0.5, 0.6) is 11.5 Å². The summed E-state index contributed by atoms with van der Waals surface area (Å²) in [6.45, 7) is 0. The molecule has 0 N–H and O–H groups in total. The van der Waals surface area contributed by atoms with E-state index in [4.69, 9.17) is 16.3 Å². The third kappa shape index (κ3) is 3.21. The SMILES string of the molecule is O=[N+]([O-])c1cc(Br)ccc1Oc1ccc(F)c(Cl)c1. The fourth-order valence-electron chi connectivity index (χ4n) is 1.39. The summed E-state index contributed by atoms with van der Waals surface area (Å²) in [7, 11) is 0. The van der Waals surface area contributed by atoms with E-state index >= 15 is 0 Å². The fraction of sp³-hybridized carbons (Fsp3) is 0. The summed E-state index contributed by atoms with van der Waals surface area (Å²) < 4.78 is 18.9. The first-order valence-corrected chi connectivity index (χ1v) is 6.21. The molecule has 0 unspecified atom stereocenters. The zero-order chi connectivity index (χ0) is 14.0. The van der Waals surface area contributed by atoms with Crippen molar-refractivity contribution in [3.8, 4) is 11.5 Å². The lowest BCUT2D eigenvalue weighted by atomic mass is 10.3. The van der Waals surface area contributed by atoms with E-state index in [-0.39, 0.29) is 22.2 Å². The summed E-state index contributed by atoms with van der Waals surface area (Å²) in [6, 6.07) is 8.09. The largest absolute Gasteiger partial charge is 0.450 e. The quantitative estimate of drug-likeness (QED) is 0.584. The van der Waals surface area contributed by atoms with Gasteiger partial charge in [0.1, 0.15) is 11.6 Å². The molecular weight excluding hydrogens is 340 g/mol. The Kier molecular flexibility index (Phi) is 4.01. The van der Waals surface area contributed by atoms with Crippen LogP contribution in [0.15, 0.2) is 40.9 Å². The van der Waals surface area contributed by atoms with Gasteiger partial charge < -0.3 is 4.74 Å². The zero-order valence-corrected chi connectivity index (χ0v) is 11.6. The molecule has 7 heteroatoms. The van der Waals surface area contributed by atoms with E-state index in [2.05, 4.69) is 15.9 Å². The van der Waals surface area contributed by atoms with Crippen LogP contribution in [-0.2, 0) is 0 Å². The number of ether oxygens (including phenoxy) is 1. The van der Waals surface area contributed by atoms with Gasteiger partial charge in [-0.1, -0.05) is 27.5 Å². The molecule has 0 saturated carbocycles. The molecule has 4 nitrogen and oxygen atoms in total. The Balaban J connectivity index is 2.37. The van der Waals surface area contributed by atoms with Crippen molar-refractivity contribution >= 4 is 33.2 Å². The van der Waals surface area contributed by atoms with Crippen LogP contribution in [-0.4, -0.2) is 4.92 Å². The van der Waals surface area contributed by atoms with Crippen LogP contribution in [0.25, 0.3) is 0 Å². The molecule has 0 fully saturated rings. The number of nitro benzene ring substituents is 1. The summed E-state index contributed by atoms with van der Waals surface area (Å²) in [6.07, 6.45) is 0. The van der Waals surface area contributed by atoms with Crippen molar-refractivity contribution in [3.05, 3.63) is 61.8 Å². The minimum atomic E-state index is -0.584. The van der Waals surface area contributed by atoms with Gasteiger partial charge in [0.2, 0.25) is 5.75 Å².